The smallest absolute Gasteiger partial charge is 0.122 e. The lowest BCUT2D eigenvalue weighted by atomic mass is 9.87. The van der Waals surface area contributed by atoms with Crippen molar-refractivity contribution in [2.45, 2.75) is 18.9 Å². The largest absolute Gasteiger partial charge is 0.493 e. The van der Waals surface area contributed by atoms with E-state index < -0.39 is 0 Å². The molecule has 0 saturated heterocycles. The molecule has 2 nitrogen and oxygen atoms in total. The van der Waals surface area contributed by atoms with Crippen molar-refractivity contribution in [2.75, 3.05) is 6.61 Å². The number of hydrogen-bond acceptors (Lipinski definition) is 2. The Morgan fingerprint density at radius 2 is 1.90 bits per heavy atom. The Labute approximate surface area is 128 Å². The molecule has 0 fully saturated rings. The summed E-state index contributed by atoms with van der Waals surface area (Å²) in [6.07, 6.45) is 1.87. The maximum Gasteiger partial charge on any atom is 0.122 e. The summed E-state index contributed by atoms with van der Waals surface area (Å²) >= 11 is 3.59. The van der Waals surface area contributed by atoms with Crippen molar-refractivity contribution >= 4 is 15.9 Å². The molecule has 1 heterocycles. The van der Waals surface area contributed by atoms with Crippen molar-refractivity contribution in [3.05, 3.63) is 64.1 Å². The third-order valence-corrected chi connectivity index (χ3v) is 4.70. The van der Waals surface area contributed by atoms with Crippen molar-refractivity contribution in [3.8, 4) is 5.75 Å². The van der Waals surface area contributed by atoms with Crippen LogP contribution in [0.1, 0.15) is 11.1 Å². The van der Waals surface area contributed by atoms with E-state index in [2.05, 4.69) is 46.3 Å². The van der Waals surface area contributed by atoms with Crippen molar-refractivity contribution in [1.29, 1.82) is 0 Å². The molecule has 0 bridgehead atoms. The number of rotatable bonds is 3. The first-order valence-corrected chi connectivity index (χ1v) is 7.73. The van der Waals surface area contributed by atoms with Crippen LogP contribution in [0, 0.1) is 5.92 Å². The molecule has 2 atom stereocenters. The third-order valence-electron chi connectivity index (χ3n) is 3.93. The molecule has 0 spiro atoms. The second-order valence-corrected chi connectivity index (χ2v) is 6.20. The zero-order valence-electron chi connectivity index (χ0n) is 11.3. The Morgan fingerprint density at radius 3 is 2.75 bits per heavy atom. The molecular formula is C17H18BrNO. The van der Waals surface area contributed by atoms with Gasteiger partial charge in [0.2, 0.25) is 0 Å². The van der Waals surface area contributed by atoms with Gasteiger partial charge >= 0.3 is 0 Å². The summed E-state index contributed by atoms with van der Waals surface area (Å²) in [6.45, 7) is 0.711. The molecule has 2 unspecified atom stereocenters. The minimum Gasteiger partial charge on any atom is -0.493 e. The fraction of sp³-hybridized carbons (Fsp3) is 0.294. The number of para-hydroxylation sites is 1. The van der Waals surface area contributed by atoms with E-state index in [0.717, 1.165) is 23.1 Å². The molecule has 2 aromatic carbocycles. The highest BCUT2D eigenvalue weighted by Gasteiger charge is 2.25. The normalized spacial score (nSPS) is 19.0. The van der Waals surface area contributed by atoms with E-state index in [1.54, 1.807) is 0 Å². The van der Waals surface area contributed by atoms with E-state index in [4.69, 9.17) is 10.5 Å². The van der Waals surface area contributed by atoms with Crippen LogP contribution in [0.3, 0.4) is 0 Å². The van der Waals surface area contributed by atoms with E-state index in [9.17, 15) is 0 Å². The van der Waals surface area contributed by atoms with Gasteiger partial charge in [0.25, 0.3) is 0 Å². The maximum atomic E-state index is 6.41. The van der Waals surface area contributed by atoms with Crippen molar-refractivity contribution in [2.24, 2.45) is 11.7 Å². The van der Waals surface area contributed by atoms with Crippen LogP contribution in [-0.4, -0.2) is 12.6 Å². The van der Waals surface area contributed by atoms with Crippen LogP contribution in [-0.2, 0) is 12.8 Å². The number of halogens is 1. The minimum absolute atomic E-state index is 0.113. The summed E-state index contributed by atoms with van der Waals surface area (Å²) in [5.41, 5.74) is 8.94. The molecule has 0 aromatic heterocycles. The van der Waals surface area contributed by atoms with Gasteiger partial charge in [-0.1, -0.05) is 52.3 Å². The van der Waals surface area contributed by atoms with E-state index in [-0.39, 0.29) is 6.04 Å². The Kier molecular flexibility index (Phi) is 4.08. The van der Waals surface area contributed by atoms with E-state index in [1.165, 1.54) is 11.1 Å². The summed E-state index contributed by atoms with van der Waals surface area (Å²) in [5.74, 6) is 1.38. The standard InChI is InChI=1S/C17H18BrNO/c18-15-7-3-1-5-12(15)10-16(19)14-9-13-6-2-4-8-17(13)20-11-14/h1-8,14,16H,9-11,19H2. The first kappa shape index (κ1) is 13.7. The lowest BCUT2D eigenvalue weighted by Crippen LogP contribution is -2.39. The van der Waals surface area contributed by atoms with Crippen molar-refractivity contribution in [1.82, 2.24) is 0 Å². The fourth-order valence-corrected chi connectivity index (χ4v) is 3.16. The predicted octanol–water partition coefficient (Wildman–Crippen LogP) is 3.57. The zero-order chi connectivity index (χ0) is 13.9. The molecule has 20 heavy (non-hydrogen) atoms. The lowest BCUT2D eigenvalue weighted by Gasteiger charge is -2.29. The van der Waals surface area contributed by atoms with Crippen molar-refractivity contribution < 1.29 is 4.74 Å². The highest BCUT2D eigenvalue weighted by atomic mass is 79.9. The van der Waals surface area contributed by atoms with Gasteiger partial charge < -0.3 is 10.5 Å². The monoisotopic (exact) mass is 331 g/mol. The molecule has 0 saturated carbocycles. The molecule has 0 aliphatic carbocycles. The second kappa shape index (κ2) is 5.98. The van der Waals surface area contributed by atoms with Crippen LogP contribution in [0.2, 0.25) is 0 Å². The van der Waals surface area contributed by atoms with Crippen LogP contribution in [0.4, 0.5) is 0 Å². The molecule has 1 aliphatic heterocycles. The molecule has 0 radical (unpaired) electrons. The van der Waals surface area contributed by atoms with Crippen LogP contribution in [0.15, 0.2) is 53.0 Å². The number of ether oxygens (including phenoxy) is 1. The van der Waals surface area contributed by atoms with E-state index >= 15 is 0 Å². The summed E-state index contributed by atoms with van der Waals surface area (Å²) in [7, 11) is 0. The third kappa shape index (κ3) is 2.89. The van der Waals surface area contributed by atoms with Gasteiger partial charge in [-0.15, -0.1) is 0 Å². The Hall–Kier alpha value is -1.32. The van der Waals surface area contributed by atoms with Gasteiger partial charge in [0, 0.05) is 16.4 Å². The Balaban J connectivity index is 1.70. The molecule has 2 aromatic rings. The predicted molar refractivity (Wildman–Crippen MR) is 85.0 cm³/mol. The molecule has 3 rings (SSSR count). The Bertz CT molecular complexity index is 599. The first-order chi connectivity index (χ1) is 9.74. The van der Waals surface area contributed by atoms with Crippen molar-refractivity contribution in [3.63, 3.8) is 0 Å². The van der Waals surface area contributed by atoms with Gasteiger partial charge in [-0.3, -0.25) is 0 Å². The molecule has 2 N–H and O–H groups in total. The molecule has 1 aliphatic rings. The number of nitrogens with two attached hydrogens (primary N) is 1. The zero-order valence-corrected chi connectivity index (χ0v) is 12.8. The number of hydrogen-bond donors (Lipinski definition) is 1. The van der Waals surface area contributed by atoms with E-state index in [0.29, 0.717) is 12.5 Å². The SMILES string of the molecule is NC(Cc1ccccc1Br)C1COc2ccccc2C1. The average Bonchev–Trinajstić information content (AvgIpc) is 2.49. The topological polar surface area (TPSA) is 35.2 Å². The Morgan fingerprint density at radius 1 is 1.15 bits per heavy atom. The highest BCUT2D eigenvalue weighted by Crippen LogP contribution is 2.29. The van der Waals surface area contributed by atoms with Gasteiger partial charge in [0.1, 0.15) is 5.75 Å². The van der Waals surface area contributed by atoms with Gasteiger partial charge in [-0.05, 0) is 36.1 Å². The van der Waals surface area contributed by atoms with Gasteiger partial charge in [-0.25, -0.2) is 0 Å². The molecule has 3 heteroatoms. The highest BCUT2D eigenvalue weighted by molar-refractivity contribution is 9.10. The number of benzene rings is 2. The summed E-state index contributed by atoms with van der Waals surface area (Å²) in [5, 5.41) is 0. The first-order valence-electron chi connectivity index (χ1n) is 6.94. The number of fused-ring (bicyclic) bond motifs is 1. The minimum atomic E-state index is 0.113. The molecule has 0 amide bonds. The lowest BCUT2D eigenvalue weighted by molar-refractivity contribution is 0.198. The fourth-order valence-electron chi connectivity index (χ4n) is 2.71. The van der Waals surface area contributed by atoms with Crippen LogP contribution in [0.5, 0.6) is 5.75 Å². The maximum absolute atomic E-state index is 6.41. The molecule has 104 valence electrons. The van der Waals surface area contributed by atoms with Crippen LogP contribution in [0.25, 0.3) is 0 Å². The summed E-state index contributed by atoms with van der Waals surface area (Å²) in [4.78, 5) is 0. The molecular weight excluding hydrogens is 314 g/mol. The second-order valence-electron chi connectivity index (χ2n) is 5.34. The van der Waals surface area contributed by atoms with Crippen LogP contribution >= 0.6 is 15.9 Å². The van der Waals surface area contributed by atoms with Crippen LogP contribution < -0.4 is 10.5 Å². The summed E-state index contributed by atoms with van der Waals surface area (Å²) < 4.78 is 6.97. The average molecular weight is 332 g/mol. The summed E-state index contributed by atoms with van der Waals surface area (Å²) in [6, 6.07) is 16.6. The van der Waals surface area contributed by atoms with Gasteiger partial charge in [-0.2, -0.15) is 0 Å². The van der Waals surface area contributed by atoms with Gasteiger partial charge in [0.15, 0.2) is 0 Å². The van der Waals surface area contributed by atoms with Gasteiger partial charge in [0.05, 0.1) is 6.61 Å². The van der Waals surface area contributed by atoms with E-state index in [1.807, 2.05) is 18.2 Å². The quantitative estimate of drug-likeness (QED) is 0.933.